The molecule has 7 nitrogen and oxygen atoms in total. The summed E-state index contributed by atoms with van der Waals surface area (Å²) in [7, 11) is 0. The fourth-order valence-electron chi connectivity index (χ4n) is 2.81. The number of hydrogen-bond donors (Lipinski definition) is 0. The SMILES string of the molecule is CCCC(C)(C)OOC(CCN1C(=O)C(C)=C(C)C1=O)(OCC)OCC. The summed E-state index contributed by atoms with van der Waals surface area (Å²) < 4.78 is 11.4. The van der Waals surface area contributed by atoms with E-state index in [1.807, 2.05) is 27.7 Å². The van der Waals surface area contributed by atoms with Crippen molar-refractivity contribution in [3.63, 3.8) is 0 Å². The molecule has 0 aromatic carbocycles. The smallest absolute Gasteiger partial charge is 0.313 e. The molecule has 0 aromatic rings. The summed E-state index contributed by atoms with van der Waals surface area (Å²) in [6.07, 6.45) is 1.88. The average molecular weight is 371 g/mol. The first-order valence-corrected chi connectivity index (χ1v) is 9.31. The Morgan fingerprint density at radius 1 is 0.846 bits per heavy atom. The van der Waals surface area contributed by atoms with Crippen molar-refractivity contribution in [2.45, 2.75) is 79.3 Å². The summed E-state index contributed by atoms with van der Waals surface area (Å²) in [5, 5.41) is 0. The molecule has 0 unspecified atom stereocenters. The van der Waals surface area contributed by atoms with Crippen LogP contribution in [0.3, 0.4) is 0 Å². The van der Waals surface area contributed by atoms with Crippen LogP contribution in [0.4, 0.5) is 0 Å². The quantitative estimate of drug-likeness (QED) is 0.227. The molecule has 0 spiro atoms. The first-order valence-electron chi connectivity index (χ1n) is 9.31. The summed E-state index contributed by atoms with van der Waals surface area (Å²) >= 11 is 0. The number of imide groups is 1. The minimum absolute atomic E-state index is 0.115. The van der Waals surface area contributed by atoms with E-state index in [1.54, 1.807) is 13.8 Å². The van der Waals surface area contributed by atoms with E-state index in [-0.39, 0.29) is 24.8 Å². The van der Waals surface area contributed by atoms with Gasteiger partial charge in [-0.05, 0) is 48.0 Å². The van der Waals surface area contributed by atoms with Crippen LogP contribution in [-0.2, 0) is 28.8 Å². The molecule has 0 radical (unpaired) electrons. The molecule has 1 heterocycles. The Morgan fingerprint density at radius 2 is 1.35 bits per heavy atom. The number of carbonyl (C=O) groups excluding carboxylic acids is 2. The molecule has 0 N–H and O–H groups in total. The lowest BCUT2D eigenvalue weighted by atomic mass is 10.0. The summed E-state index contributed by atoms with van der Waals surface area (Å²) in [6, 6.07) is 0. The van der Waals surface area contributed by atoms with Crippen molar-refractivity contribution in [3.05, 3.63) is 11.1 Å². The van der Waals surface area contributed by atoms with E-state index in [0.717, 1.165) is 12.8 Å². The second-order valence-electron chi connectivity index (χ2n) is 6.99. The van der Waals surface area contributed by atoms with Crippen LogP contribution in [0.5, 0.6) is 0 Å². The van der Waals surface area contributed by atoms with Crippen LogP contribution in [0.2, 0.25) is 0 Å². The van der Waals surface area contributed by atoms with Crippen LogP contribution in [0.15, 0.2) is 11.1 Å². The highest BCUT2D eigenvalue weighted by Crippen LogP contribution is 2.28. The van der Waals surface area contributed by atoms with Crippen LogP contribution in [0, 0.1) is 0 Å². The molecule has 1 aliphatic rings. The number of nitrogens with zero attached hydrogens (tertiary/aromatic N) is 1. The predicted molar refractivity (Wildman–Crippen MR) is 96.9 cm³/mol. The molecule has 0 aliphatic carbocycles. The highest BCUT2D eigenvalue weighted by molar-refractivity contribution is 6.18. The molecule has 1 aliphatic heterocycles. The zero-order valence-corrected chi connectivity index (χ0v) is 17.1. The highest BCUT2D eigenvalue weighted by atomic mass is 17.3. The van der Waals surface area contributed by atoms with Crippen LogP contribution >= 0.6 is 0 Å². The van der Waals surface area contributed by atoms with Crippen molar-refractivity contribution < 1.29 is 28.8 Å². The normalized spacial score (nSPS) is 16.2. The summed E-state index contributed by atoms with van der Waals surface area (Å²) in [5.41, 5.74) is 0.423. The maximum atomic E-state index is 12.3. The van der Waals surface area contributed by atoms with E-state index in [0.29, 0.717) is 24.4 Å². The van der Waals surface area contributed by atoms with E-state index in [2.05, 4.69) is 6.92 Å². The van der Waals surface area contributed by atoms with Gasteiger partial charge in [-0.2, -0.15) is 4.89 Å². The third-order valence-corrected chi connectivity index (χ3v) is 4.31. The highest BCUT2D eigenvalue weighted by Gasteiger charge is 2.40. The largest absolute Gasteiger partial charge is 0.326 e. The lowest BCUT2D eigenvalue weighted by Crippen LogP contribution is -2.46. The van der Waals surface area contributed by atoms with Crippen LogP contribution in [0.25, 0.3) is 0 Å². The third kappa shape index (κ3) is 5.61. The van der Waals surface area contributed by atoms with Gasteiger partial charge in [0.2, 0.25) is 0 Å². The van der Waals surface area contributed by atoms with Gasteiger partial charge in [0.1, 0.15) is 0 Å². The zero-order valence-electron chi connectivity index (χ0n) is 17.1. The fraction of sp³-hybridized carbons (Fsp3) is 0.789. The van der Waals surface area contributed by atoms with Gasteiger partial charge < -0.3 is 9.47 Å². The molecule has 1 rings (SSSR count). The molecule has 7 heteroatoms. The van der Waals surface area contributed by atoms with Gasteiger partial charge in [-0.15, -0.1) is 0 Å². The Hall–Kier alpha value is -1.28. The minimum atomic E-state index is -1.47. The number of amides is 2. The molecule has 0 bridgehead atoms. The topological polar surface area (TPSA) is 74.3 Å². The van der Waals surface area contributed by atoms with Crippen molar-refractivity contribution >= 4 is 11.8 Å². The zero-order chi connectivity index (χ0) is 20.0. The maximum absolute atomic E-state index is 12.3. The van der Waals surface area contributed by atoms with Crippen molar-refractivity contribution in [2.24, 2.45) is 0 Å². The van der Waals surface area contributed by atoms with E-state index in [9.17, 15) is 9.59 Å². The molecular formula is C19H33NO6. The number of carbonyl (C=O) groups is 2. The first kappa shape index (κ1) is 22.8. The van der Waals surface area contributed by atoms with Gasteiger partial charge in [-0.3, -0.25) is 14.5 Å². The van der Waals surface area contributed by atoms with Gasteiger partial charge in [0.25, 0.3) is 11.8 Å². The molecule has 0 saturated carbocycles. The van der Waals surface area contributed by atoms with Crippen molar-refractivity contribution in [2.75, 3.05) is 19.8 Å². The van der Waals surface area contributed by atoms with Crippen molar-refractivity contribution in [1.82, 2.24) is 4.90 Å². The second-order valence-corrected chi connectivity index (χ2v) is 6.99. The molecule has 2 amide bonds. The second kappa shape index (κ2) is 9.60. The Kier molecular flexibility index (Phi) is 8.40. The first-order chi connectivity index (χ1) is 12.1. The molecular weight excluding hydrogens is 338 g/mol. The van der Waals surface area contributed by atoms with Gasteiger partial charge in [0.05, 0.1) is 12.0 Å². The number of rotatable bonds is 12. The van der Waals surface area contributed by atoms with Crippen LogP contribution in [0.1, 0.15) is 67.7 Å². The Morgan fingerprint density at radius 3 is 1.77 bits per heavy atom. The standard InChI is InChI=1S/C19H33NO6/c1-8-11-18(6,7)25-26-19(23-9-2,24-10-3)12-13-20-16(21)14(4)15(5)17(20)22/h8-13H2,1-7H3. The predicted octanol–water partition coefficient (Wildman–Crippen LogP) is 3.34. The maximum Gasteiger partial charge on any atom is 0.313 e. The van der Waals surface area contributed by atoms with E-state index in [1.165, 1.54) is 4.90 Å². The molecule has 26 heavy (non-hydrogen) atoms. The lowest BCUT2D eigenvalue weighted by Gasteiger charge is -2.35. The third-order valence-electron chi connectivity index (χ3n) is 4.31. The van der Waals surface area contributed by atoms with Gasteiger partial charge in [0, 0.05) is 30.9 Å². The molecule has 0 saturated heterocycles. The van der Waals surface area contributed by atoms with Crippen LogP contribution < -0.4 is 0 Å². The molecule has 150 valence electrons. The van der Waals surface area contributed by atoms with E-state index < -0.39 is 11.6 Å². The Bertz CT molecular complexity index is 510. The molecule has 0 fully saturated rings. The van der Waals surface area contributed by atoms with Gasteiger partial charge >= 0.3 is 5.97 Å². The fourth-order valence-corrected chi connectivity index (χ4v) is 2.81. The van der Waals surface area contributed by atoms with Crippen LogP contribution in [-0.4, -0.2) is 48.0 Å². The summed E-state index contributed by atoms with van der Waals surface area (Å²) in [4.78, 5) is 36.9. The Labute approximate surface area is 156 Å². The lowest BCUT2D eigenvalue weighted by molar-refractivity contribution is -0.529. The molecule has 0 atom stereocenters. The van der Waals surface area contributed by atoms with Crippen molar-refractivity contribution in [1.29, 1.82) is 0 Å². The number of ether oxygens (including phenoxy) is 2. The monoisotopic (exact) mass is 371 g/mol. The summed E-state index contributed by atoms with van der Waals surface area (Å²) in [6.45, 7) is 13.6. The van der Waals surface area contributed by atoms with E-state index >= 15 is 0 Å². The van der Waals surface area contributed by atoms with Crippen molar-refractivity contribution in [3.8, 4) is 0 Å². The molecule has 0 aromatic heterocycles. The van der Waals surface area contributed by atoms with E-state index in [4.69, 9.17) is 19.2 Å². The number of hydrogen-bond acceptors (Lipinski definition) is 6. The van der Waals surface area contributed by atoms with Gasteiger partial charge in [0.15, 0.2) is 0 Å². The average Bonchev–Trinajstić information content (AvgIpc) is 2.75. The van der Waals surface area contributed by atoms with Gasteiger partial charge in [-0.1, -0.05) is 13.3 Å². The summed E-state index contributed by atoms with van der Waals surface area (Å²) in [5.74, 6) is -2.05. The minimum Gasteiger partial charge on any atom is -0.326 e. The van der Waals surface area contributed by atoms with Gasteiger partial charge in [-0.25, -0.2) is 4.89 Å². The Balaban J connectivity index is 2.86.